The molecular formula is C14H23NOS. The second-order valence-electron chi connectivity index (χ2n) is 2.97. The molecule has 2 aromatic rings. The molecule has 0 spiro atoms. The highest BCUT2D eigenvalue weighted by Gasteiger charge is 2.01. The van der Waals surface area contributed by atoms with Crippen LogP contribution >= 0.6 is 11.3 Å². The molecule has 3 N–H and O–H groups in total. The largest absolute Gasteiger partial charge is 0.508 e. The number of hydrogen-bond acceptors (Lipinski definition) is 3. The van der Waals surface area contributed by atoms with Crippen molar-refractivity contribution < 1.29 is 5.11 Å². The molecule has 1 heterocycles. The average Bonchev–Trinajstić information content (AvgIpc) is 2.76. The maximum atomic E-state index is 9.25. The number of phenols is 1. The first-order valence-corrected chi connectivity index (χ1v) is 7.03. The van der Waals surface area contributed by atoms with Crippen LogP contribution in [0, 0.1) is 0 Å². The van der Waals surface area contributed by atoms with Gasteiger partial charge in [-0.25, -0.2) is 0 Å². The van der Waals surface area contributed by atoms with Crippen LogP contribution in [0.2, 0.25) is 0 Å². The lowest BCUT2D eigenvalue weighted by Gasteiger charge is -1.89. The first-order chi connectivity index (χ1) is 8.29. The standard InChI is InChI=1S/C10H11NOS.2C2H6/c11-4-3-9-5-7-1-2-8(12)6-10(7)13-9;2*1-2/h1-2,5-6,12H,3-4,11H2;2*1-2H3. The highest BCUT2D eigenvalue weighted by Crippen LogP contribution is 2.28. The smallest absolute Gasteiger partial charge is 0.117 e. The zero-order valence-electron chi connectivity index (χ0n) is 11.2. The van der Waals surface area contributed by atoms with Gasteiger partial charge in [-0.15, -0.1) is 11.3 Å². The van der Waals surface area contributed by atoms with Crippen LogP contribution in [0.4, 0.5) is 0 Å². The summed E-state index contributed by atoms with van der Waals surface area (Å²) in [4.78, 5) is 1.28. The van der Waals surface area contributed by atoms with Gasteiger partial charge in [-0.2, -0.15) is 0 Å². The minimum absolute atomic E-state index is 0.327. The number of phenolic OH excluding ortho intramolecular Hbond substituents is 1. The first kappa shape index (κ1) is 15.9. The van der Waals surface area contributed by atoms with E-state index in [-0.39, 0.29) is 0 Å². The predicted octanol–water partition coefficient (Wildman–Crippen LogP) is 4.16. The van der Waals surface area contributed by atoms with E-state index in [9.17, 15) is 5.11 Å². The summed E-state index contributed by atoms with van der Waals surface area (Å²) in [7, 11) is 0. The van der Waals surface area contributed by atoms with Crippen LogP contribution in [0.1, 0.15) is 32.6 Å². The van der Waals surface area contributed by atoms with E-state index in [1.807, 2.05) is 33.8 Å². The zero-order chi connectivity index (χ0) is 13.3. The monoisotopic (exact) mass is 253 g/mol. The molecule has 1 aromatic heterocycles. The van der Waals surface area contributed by atoms with Gasteiger partial charge in [0, 0.05) is 9.58 Å². The van der Waals surface area contributed by atoms with Crippen molar-refractivity contribution >= 4 is 21.4 Å². The van der Waals surface area contributed by atoms with E-state index in [1.54, 1.807) is 23.5 Å². The Morgan fingerprint density at radius 3 is 2.35 bits per heavy atom. The summed E-state index contributed by atoms with van der Waals surface area (Å²) in [6, 6.07) is 7.56. The van der Waals surface area contributed by atoms with Gasteiger partial charge < -0.3 is 10.8 Å². The van der Waals surface area contributed by atoms with Crippen molar-refractivity contribution in [3.63, 3.8) is 0 Å². The number of benzene rings is 1. The lowest BCUT2D eigenvalue weighted by atomic mass is 10.2. The van der Waals surface area contributed by atoms with Gasteiger partial charge in [0.2, 0.25) is 0 Å². The Hall–Kier alpha value is -1.06. The minimum Gasteiger partial charge on any atom is -0.508 e. The molecule has 0 aliphatic rings. The molecule has 2 rings (SSSR count). The summed E-state index contributed by atoms with van der Waals surface area (Å²) in [5, 5.41) is 10.4. The molecule has 0 aliphatic carbocycles. The van der Waals surface area contributed by atoms with E-state index in [1.165, 1.54) is 10.3 Å². The molecule has 0 amide bonds. The summed E-state index contributed by atoms with van der Waals surface area (Å²) in [5.41, 5.74) is 5.47. The Balaban J connectivity index is 0.000000581. The van der Waals surface area contributed by atoms with E-state index in [0.717, 1.165) is 11.1 Å². The zero-order valence-corrected chi connectivity index (χ0v) is 12.0. The van der Waals surface area contributed by atoms with E-state index in [2.05, 4.69) is 6.07 Å². The highest BCUT2D eigenvalue weighted by molar-refractivity contribution is 7.19. The van der Waals surface area contributed by atoms with Crippen LogP contribution in [0.5, 0.6) is 5.75 Å². The molecule has 0 aliphatic heterocycles. The number of thiophene rings is 1. The van der Waals surface area contributed by atoms with Gasteiger partial charge in [0.15, 0.2) is 0 Å². The van der Waals surface area contributed by atoms with Crippen LogP contribution in [0.15, 0.2) is 24.3 Å². The lowest BCUT2D eigenvalue weighted by molar-refractivity contribution is 0.476. The topological polar surface area (TPSA) is 46.2 Å². The number of hydrogen-bond donors (Lipinski definition) is 2. The van der Waals surface area contributed by atoms with Crippen molar-refractivity contribution in [3.05, 3.63) is 29.1 Å². The lowest BCUT2D eigenvalue weighted by Crippen LogP contribution is -2.00. The maximum absolute atomic E-state index is 9.25. The van der Waals surface area contributed by atoms with Crippen LogP contribution in [-0.2, 0) is 6.42 Å². The third-order valence-corrected chi connectivity index (χ3v) is 3.10. The molecule has 0 fully saturated rings. The third kappa shape index (κ3) is 4.75. The first-order valence-electron chi connectivity index (χ1n) is 6.21. The molecule has 0 radical (unpaired) electrons. The molecule has 0 bridgehead atoms. The Morgan fingerprint density at radius 2 is 1.76 bits per heavy atom. The van der Waals surface area contributed by atoms with Crippen molar-refractivity contribution in [1.29, 1.82) is 0 Å². The maximum Gasteiger partial charge on any atom is 0.117 e. The van der Waals surface area contributed by atoms with Gasteiger partial charge >= 0.3 is 0 Å². The Kier molecular flexibility index (Phi) is 8.46. The van der Waals surface area contributed by atoms with Crippen LogP contribution in [-0.4, -0.2) is 11.7 Å². The summed E-state index contributed by atoms with van der Waals surface area (Å²) in [6.07, 6.45) is 0.917. The second kappa shape index (κ2) is 9.02. The van der Waals surface area contributed by atoms with Gasteiger partial charge in [0.1, 0.15) is 5.75 Å². The molecule has 0 unspecified atom stereocenters. The van der Waals surface area contributed by atoms with Gasteiger partial charge in [0.05, 0.1) is 0 Å². The number of rotatable bonds is 2. The molecule has 3 heteroatoms. The second-order valence-corrected chi connectivity index (χ2v) is 4.14. The summed E-state index contributed by atoms with van der Waals surface area (Å²) in [5.74, 6) is 0.327. The number of aromatic hydroxyl groups is 1. The fraction of sp³-hybridized carbons (Fsp3) is 0.429. The summed E-state index contributed by atoms with van der Waals surface area (Å²) >= 11 is 1.70. The van der Waals surface area contributed by atoms with Crippen LogP contribution < -0.4 is 5.73 Å². The van der Waals surface area contributed by atoms with E-state index < -0.39 is 0 Å². The SMILES string of the molecule is CC.CC.NCCc1cc2ccc(O)cc2s1. The van der Waals surface area contributed by atoms with Gasteiger partial charge in [-0.05, 0) is 42.6 Å². The molecular weight excluding hydrogens is 230 g/mol. The molecule has 17 heavy (non-hydrogen) atoms. The molecule has 96 valence electrons. The Morgan fingerprint density at radius 1 is 1.12 bits per heavy atom. The van der Waals surface area contributed by atoms with Crippen LogP contribution in [0.25, 0.3) is 10.1 Å². The Labute approximate surface area is 108 Å². The average molecular weight is 253 g/mol. The van der Waals surface area contributed by atoms with E-state index >= 15 is 0 Å². The van der Waals surface area contributed by atoms with Crippen molar-refractivity contribution in [2.45, 2.75) is 34.1 Å². The van der Waals surface area contributed by atoms with Gasteiger partial charge in [0.25, 0.3) is 0 Å². The molecule has 2 nitrogen and oxygen atoms in total. The molecule has 0 saturated carbocycles. The van der Waals surface area contributed by atoms with Crippen molar-refractivity contribution in [2.24, 2.45) is 5.73 Å². The summed E-state index contributed by atoms with van der Waals surface area (Å²) in [6.45, 7) is 8.68. The fourth-order valence-corrected chi connectivity index (χ4v) is 2.45. The highest BCUT2D eigenvalue weighted by atomic mass is 32.1. The van der Waals surface area contributed by atoms with E-state index in [0.29, 0.717) is 12.3 Å². The molecule has 0 saturated heterocycles. The normalized spacial score (nSPS) is 9.00. The Bertz CT molecular complexity index is 423. The van der Waals surface area contributed by atoms with Gasteiger partial charge in [-0.1, -0.05) is 27.7 Å². The van der Waals surface area contributed by atoms with Gasteiger partial charge in [-0.3, -0.25) is 0 Å². The third-order valence-electron chi connectivity index (χ3n) is 1.95. The quantitative estimate of drug-likeness (QED) is 0.844. The van der Waals surface area contributed by atoms with Crippen LogP contribution in [0.3, 0.4) is 0 Å². The number of nitrogens with two attached hydrogens (primary N) is 1. The van der Waals surface area contributed by atoms with Crippen molar-refractivity contribution in [2.75, 3.05) is 6.54 Å². The van der Waals surface area contributed by atoms with E-state index in [4.69, 9.17) is 5.73 Å². The molecule has 0 atom stereocenters. The van der Waals surface area contributed by atoms with Crippen molar-refractivity contribution in [3.8, 4) is 5.75 Å². The predicted molar refractivity (Wildman–Crippen MR) is 78.9 cm³/mol. The molecule has 1 aromatic carbocycles. The fourth-order valence-electron chi connectivity index (χ4n) is 1.34. The summed E-state index contributed by atoms with van der Waals surface area (Å²) < 4.78 is 1.13. The minimum atomic E-state index is 0.327. The number of fused-ring (bicyclic) bond motifs is 1. The van der Waals surface area contributed by atoms with Crippen molar-refractivity contribution in [1.82, 2.24) is 0 Å².